The highest BCUT2D eigenvalue weighted by molar-refractivity contribution is 7.25. The molecule has 0 fully saturated rings. The van der Waals surface area contributed by atoms with E-state index in [4.69, 9.17) is 4.42 Å². The number of furan rings is 1. The molecule has 2 nitrogen and oxygen atoms in total. The van der Waals surface area contributed by atoms with Crippen molar-refractivity contribution in [1.82, 2.24) is 0 Å². The minimum absolute atomic E-state index is 0.866. The molecule has 0 unspecified atom stereocenters. The Balaban J connectivity index is 1.24. The highest BCUT2D eigenvalue weighted by Gasteiger charge is 2.22. The molecule has 0 atom stereocenters. The van der Waals surface area contributed by atoms with Crippen LogP contribution in [0.2, 0.25) is 0 Å². The zero-order valence-electron chi connectivity index (χ0n) is 27.7. The number of thiophene rings is 1. The maximum atomic E-state index is 6.66. The molecule has 240 valence electrons. The maximum Gasteiger partial charge on any atom is 0.159 e. The fraction of sp³-hybridized carbons (Fsp3) is 0. The molecule has 0 saturated heterocycles. The molecule has 0 N–H and O–H groups in total. The van der Waals surface area contributed by atoms with Crippen LogP contribution in [0.4, 0.5) is 17.1 Å². The molecule has 3 heteroatoms. The second kappa shape index (κ2) is 12.2. The fourth-order valence-corrected chi connectivity index (χ4v) is 8.66. The van der Waals surface area contributed by atoms with Crippen molar-refractivity contribution in [1.29, 1.82) is 0 Å². The van der Waals surface area contributed by atoms with Crippen LogP contribution in [0, 0.1) is 0 Å². The van der Waals surface area contributed by atoms with Crippen molar-refractivity contribution in [3.05, 3.63) is 188 Å². The standard InChI is InChI=1S/C48H31NOS/c1-3-13-32(14-4-1)33-25-27-35(28-26-33)49(43-21-11-20-40-38-17-7-9-22-44(38)50-48(40)43)36-29-30-37(34-15-5-2-6-16-34)42(31-36)39-19-12-24-46-47(39)41-18-8-10-23-45(41)51-46/h1-31H. The van der Waals surface area contributed by atoms with Crippen LogP contribution in [0.1, 0.15) is 0 Å². The maximum absolute atomic E-state index is 6.66. The van der Waals surface area contributed by atoms with E-state index in [-0.39, 0.29) is 0 Å². The van der Waals surface area contributed by atoms with Gasteiger partial charge in [0.25, 0.3) is 0 Å². The molecule has 0 bridgehead atoms. The average Bonchev–Trinajstić information content (AvgIpc) is 3.78. The number of hydrogen-bond donors (Lipinski definition) is 0. The molecule has 0 aliphatic carbocycles. The molecule has 2 aromatic heterocycles. The van der Waals surface area contributed by atoms with E-state index in [0.717, 1.165) is 39.0 Å². The monoisotopic (exact) mass is 669 g/mol. The predicted molar refractivity (Wildman–Crippen MR) is 218 cm³/mol. The minimum Gasteiger partial charge on any atom is -0.454 e. The number of benzene rings is 8. The van der Waals surface area contributed by atoms with Crippen molar-refractivity contribution >= 4 is 70.5 Å². The quantitative estimate of drug-likeness (QED) is 0.175. The third-order valence-corrected chi connectivity index (χ3v) is 11.0. The van der Waals surface area contributed by atoms with Gasteiger partial charge in [0.2, 0.25) is 0 Å². The van der Waals surface area contributed by atoms with Crippen molar-refractivity contribution < 1.29 is 4.42 Å². The summed E-state index contributed by atoms with van der Waals surface area (Å²) in [6.07, 6.45) is 0. The zero-order chi connectivity index (χ0) is 33.7. The van der Waals surface area contributed by atoms with Gasteiger partial charge in [-0.3, -0.25) is 0 Å². The Kier molecular flexibility index (Phi) is 7.04. The molecule has 0 amide bonds. The molecule has 10 aromatic rings. The smallest absolute Gasteiger partial charge is 0.159 e. The summed E-state index contributed by atoms with van der Waals surface area (Å²) in [6.45, 7) is 0. The van der Waals surface area contributed by atoms with E-state index >= 15 is 0 Å². The Morgan fingerprint density at radius 1 is 0.392 bits per heavy atom. The minimum atomic E-state index is 0.866. The Morgan fingerprint density at radius 3 is 1.84 bits per heavy atom. The Morgan fingerprint density at radius 2 is 1.02 bits per heavy atom. The van der Waals surface area contributed by atoms with Crippen LogP contribution in [0.25, 0.3) is 75.5 Å². The normalized spacial score (nSPS) is 11.5. The first-order valence-electron chi connectivity index (χ1n) is 17.3. The lowest BCUT2D eigenvalue weighted by molar-refractivity contribution is 0.669. The topological polar surface area (TPSA) is 16.4 Å². The van der Waals surface area contributed by atoms with Crippen LogP contribution in [-0.2, 0) is 0 Å². The van der Waals surface area contributed by atoms with Gasteiger partial charge < -0.3 is 9.32 Å². The van der Waals surface area contributed by atoms with Gasteiger partial charge >= 0.3 is 0 Å². The molecule has 10 rings (SSSR count). The molecule has 0 aliphatic heterocycles. The number of nitrogens with zero attached hydrogens (tertiary/aromatic N) is 1. The van der Waals surface area contributed by atoms with Crippen molar-refractivity contribution in [3.63, 3.8) is 0 Å². The van der Waals surface area contributed by atoms with Gasteiger partial charge in [-0.15, -0.1) is 11.3 Å². The van der Waals surface area contributed by atoms with E-state index in [1.54, 1.807) is 0 Å². The molecule has 2 heterocycles. The van der Waals surface area contributed by atoms with Crippen LogP contribution in [0.3, 0.4) is 0 Å². The van der Waals surface area contributed by atoms with E-state index in [0.29, 0.717) is 0 Å². The lowest BCUT2D eigenvalue weighted by Gasteiger charge is -2.27. The molecular formula is C48H31NOS. The summed E-state index contributed by atoms with van der Waals surface area (Å²) in [4.78, 5) is 2.35. The van der Waals surface area contributed by atoms with Crippen molar-refractivity contribution in [2.75, 3.05) is 4.90 Å². The van der Waals surface area contributed by atoms with E-state index < -0.39 is 0 Å². The average molecular weight is 670 g/mol. The Hall–Kier alpha value is -6.42. The highest BCUT2D eigenvalue weighted by Crippen LogP contribution is 2.47. The molecular weight excluding hydrogens is 639 g/mol. The molecule has 0 spiro atoms. The Labute approximate surface area is 300 Å². The predicted octanol–water partition coefficient (Wildman–Crippen LogP) is 14.4. The third-order valence-electron chi connectivity index (χ3n) is 9.90. The molecule has 8 aromatic carbocycles. The molecule has 0 aliphatic rings. The summed E-state index contributed by atoms with van der Waals surface area (Å²) in [5.74, 6) is 0. The SMILES string of the molecule is c1ccc(-c2ccc(N(c3ccc(-c4ccccc4)c(-c4cccc5sc6ccccc6c45)c3)c3cccc4c3oc3ccccc34)cc2)cc1. The number of hydrogen-bond acceptors (Lipinski definition) is 3. The van der Waals surface area contributed by atoms with Crippen LogP contribution in [0.5, 0.6) is 0 Å². The first kappa shape index (κ1) is 29.5. The molecule has 0 radical (unpaired) electrons. The van der Waals surface area contributed by atoms with E-state index in [1.165, 1.54) is 53.6 Å². The van der Waals surface area contributed by atoms with Crippen LogP contribution >= 0.6 is 11.3 Å². The first-order valence-corrected chi connectivity index (χ1v) is 18.1. The first-order chi connectivity index (χ1) is 25.3. The van der Waals surface area contributed by atoms with Gasteiger partial charge in [-0.1, -0.05) is 140 Å². The van der Waals surface area contributed by atoms with Gasteiger partial charge in [-0.05, 0) is 81.9 Å². The number of fused-ring (bicyclic) bond motifs is 6. The van der Waals surface area contributed by atoms with Crippen LogP contribution in [-0.4, -0.2) is 0 Å². The van der Waals surface area contributed by atoms with E-state index in [2.05, 4.69) is 187 Å². The van der Waals surface area contributed by atoms with Crippen molar-refractivity contribution in [2.24, 2.45) is 0 Å². The second-order valence-corrected chi connectivity index (χ2v) is 14.0. The van der Waals surface area contributed by atoms with Gasteiger partial charge in [0, 0.05) is 42.3 Å². The van der Waals surface area contributed by atoms with Crippen LogP contribution in [0.15, 0.2) is 192 Å². The zero-order valence-corrected chi connectivity index (χ0v) is 28.5. The summed E-state index contributed by atoms with van der Waals surface area (Å²) < 4.78 is 9.25. The van der Waals surface area contributed by atoms with Gasteiger partial charge in [0.15, 0.2) is 5.58 Å². The number of rotatable bonds is 6. The van der Waals surface area contributed by atoms with Gasteiger partial charge in [0.1, 0.15) is 5.58 Å². The summed E-state index contributed by atoms with van der Waals surface area (Å²) in [5, 5.41) is 4.80. The van der Waals surface area contributed by atoms with Gasteiger partial charge in [-0.2, -0.15) is 0 Å². The summed E-state index contributed by atoms with van der Waals surface area (Å²) >= 11 is 1.86. The molecule has 0 saturated carbocycles. The summed E-state index contributed by atoms with van der Waals surface area (Å²) in [5.41, 5.74) is 12.0. The summed E-state index contributed by atoms with van der Waals surface area (Å²) in [6, 6.07) is 67.4. The second-order valence-electron chi connectivity index (χ2n) is 12.9. The highest BCUT2D eigenvalue weighted by atomic mass is 32.1. The van der Waals surface area contributed by atoms with Crippen molar-refractivity contribution in [3.8, 4) is 33.4 Å². The number of para-hydroxylation sites is 2. The lowest BCUT2D eigenvalue weighted by Crippen LogP contribution is -2.10. The van der Waals surface area contributed by atoms with Crippen LogP contribution < -0.4 is 4.90 Å². The lowest BCUT2D eigenvalue weighted by atomic mass is 9.91. The van der Waals surface area contributed by atoms with Crippen molar-refractivity contribution in [2.45, 2.75) is 0 Å². The third kappa shape index (κ3) is 5.01. The van der Waals surface area contributed by atoms with E-state index in [1.807, 2.05) is 17.4 Å². The Bertz CT molecular complexity index is 2850. The van der Waals surface area contributed by atoms with E-state index in [9.17, 15) is 0 Å². The largest absolute Gasteiger partial charge is 0.454 e. The molecule has 51 heavy (non-hydrogen) atoms. The summed E-state index contributed by atoms with van der Waals surface area (Å²) in [7, 11) is 0. The van der Waals surface area contributed by atoms with Gasteiger partial charge in [0.05, 0.1) is 5.69 Å². The van der Waals surface area contributed by atoms with Gasteiger partial charge in [-0.25, -0.2) is 0 Å². The number of anilines is 3. The fourth-order valence-electron chi connectivity index (χ4n) is 7.53.